The van der Waals surface area contributed by atoms with Gasteiger partial charge in [0.1, 0.15) is 5.69 Å². The summed E-state index contributed by atoms with van der Waals surface area (Å²) in [6, 6.07) is 15.6. The van der Waals surface area contributed by atoms with Crippen LogP contribution in [0.15, 0.2) is 60.1 Å². The van der Waals surface area contributed by atoms with Crippen LogP contribution in [-0.2, 0) is 17.9 Å². The van der Waals surface area contributed by atoms with E-state index in [1.54, 1.807) is 11.3 Å². The molecule has 5 nitrogen and oxygen atoms in total. The number of rotatable bonds is 6. The second-order valence-electron chi connectivity index (χ2n) is 7.03. The van der Waals surface area contributed by atoms with E-state index in [2.05, 4.69) is 11.4 Å². The minimum Gasteiger partial charge on any atom is -0.338 e. The number of anilines is 1. The predicted molar refractivity (Wildman–Crippen MR) is 112 cm³/mol. The summed E-state index contributed by atoms with van der Waals surface area (Å²) in [7, 11) is 0. The van der Waals surface area contributed by atoms with Crippen LogP contribution < -0.4 is 5.32 Å². The summed E-state index contributed by atoms with van der Waals surface area (Å²) in [5, 5.41) is 5.03. The van der Waals surface area contributed by atoms with Crippen molar-refractivity contribution < 1.29 is 9.59 Å². The number of piperidine rings is 1. The molecule has 1 saturated heterocycles. The van der Waals surface area contributed by atoms with Gasteiger partial charge in [0.15, 0.2) is 0 Å². The Kier molecular flexibility index (Phi) is 5.58. The molecule has 2 amide bonds. The van der Waals surface area contributed by atoms with E-state index in [0.29, 0.717) is 25.2 Å². The number of benzene rings is 1. The average molecular weight is 394 g/mol. The smallest absolute Gasteiger partial charge is 0.272 e. The van der Waals surface area contributed by atoms with Crippen LogP contribution in [0.1, 0.15) is 40.2 Å². The Hall–Kier alpha value is -2.86. The Morgan fingerprint density at radius 1 is 1.07 bits per heavy atom. The lowest BCUT2D eigenvalue weighted by atomic mass is 10.1. The standard InChI is InChI=1S/C22H23N3O2S/c26-21-10-1-2-11-25(21)15-17-6-3-7-18(14-17)23-22(27)20-9-4-12-24(20)16-19-8-5-13-28-19/h3-9,12-14H,1-2,10-11,15-16H2,(H,23,27). The van der Waals surface area contributed by atoms with Gasteiger partial charge in [0, 0.05) is 36.3 Å². The summed E-state index contributed by atoms with van der Waals surface area (Å²) in [6.45, 7) is 2.09. The Morgan fingerprint density at radius 3 is 2.82 bits per heavy atom. The largest absolute Gasteiger partial charge is 0.338 e. The summed E-state index contributed by atoms with van der Waals surface area (Å²) in [5.74, 6) is 0.0832. The van der Waals surface area contributed by atoms with Crippen LogP contribution in [-0.4, -0.2) is 27.8 Å². The molecule has 1 fully saturated rings. The summed E-state index contributed by atoms with van der Waals surface area (Å²) in [4.78, 5) is 27.9. The quantitative estimate of drug-likeness (QED) is 0.676. The maximum Gasteiger partial charge on any atom is 0.272 e. The van der Waals surface area contributed by atoms with Crippen molar-refractivity contribution in [2.75, 3.05) is 11.9 Å². The van der Waals surface area contributed by atoms with Crippen molar-refractivity contribution in [1.82, 2.24) is 9.47 Å². The van der Waals surface area contributed by atoms with Crippen LogP contribution in [0.25, 0.3) is 0 Å². The topological polar surface area (TPSA) is 54.3 Å². The van der Waals surface area contributed by atoms with Crippen LogP contribution in [0.5, 0.6) is 0 Å². The molecule has 28 heavy (non-hydrogen) atoms. The normalized spacial score (nSPS) is 14.3. The van der Waals surface area contributed by atoms with Crippen LogP contribution >= 0.6 is 11.3 Å². The van der Waals surface area contributed by atoms with E-state index in [1.807, 2.05) is 63.5 Å². The lowest BCUT2D eigenvalue weighted by Gasteiger charge is -2.26. The number of carbonyl (C=O) groups excluding carboxylic acids is 2. The molecular weight excluding hydrogens is 370 g/mol. The first-order valence-corrected chi connectivity index (χ1v) is 10.4. The van der Waals surface area contributed by atoms with Gasteiger partial charge in [0.05, 0.1) is 6.54 Å². The van der Waals surface area contributed by atoms with Gasteiger partial charge in [-0.05, 0) is 54.1 Å². The van der Waals surface area contributed by atoms with Gasteiger partial charge in [-0.3, -0.25) is 9.59 Å². The molecule has 6 heteroatoms. The van der Waals surface area contributed by atoms with E-state index in [4.69, 9.17) is 0 Å². The molecule has 0 unspecified atom stereocenters. The van der Waals surface area contributed by atoms with Crippen molar-refractivity contribution >= 4 is 28.8 Å². The minimum atomic E-state index is -0.132. The van der Waals surface area contributed by atoms with Crippen molar-refractivity contribution in [1.29, 1.82) is 0 Å². The monoisotopic (exact) mass is 393 g/mol. The fourth-order valence-electron chi connectivity index (χ4n) is 3.52. The first kappa shape index (κ1) is 18.5. The van der Waals surface area contributed by atoms with Crippen molar-refractivity contribution in [3.8, 4) is 0 Å². The highest BCUT2D eigenvalue weighted by atomic mass is 32.1. The summed E-state index contributed by atoms with van der Waals surface area (Å²) >= 11 is 1.68. The molecule has 0 radical (unpaired) electrons. The van der Waals surface area contributed by atoms with Gasteiger partial charge < -0.3 is 14.8 Å². The van der Waals surface area contributed by atoms with Crippen molar-refractivity contribution in [2.45, 2.75) is 32.4 Å². The minimum absolute atomic E-state index is 0.132. The lowest BCUT2D eigenvalue weighted by molar-refractivity contribution is -0.133. The third-order valence-corrected chi connectivity index (χ3v) is 5.81. The molecule has 4 rings (SSSR count). The van der Waals surface area contributed by atoms with Gasteiger partial charge >= 0.3 is 0 Å². The van der Waals surface area contributed by atoms with Gasteiger partial charge in [-0.15, -0.1) is 11.3 Å². The number of hydrogen-bond donors (Lipinski definition) is 1. The highest BCUT2D eigenvalue weighted by Gasteiger charge is 2.18. The average Bonchev–Trinajstić information content (AvgIpc) is 3.36. The summed E-state index contributed by atoms with van der Waals surface area (Å²) in [6.07, 6.45) is 4.60. The molecule has 1 N–H and O–H groups in total. The van der Waals surface area contributed by atoms with Gasteiger partial charge in [-0.2, -0.15) is 0 Å². The van der Waals surface area contributed by atoms with Gasteiger partial charge in [0.2, 0.25) is 5.91 Å². The first-order valence-electron chi connectivity index (χ1n) is 9.54. The molecule has 3 aromatic rings. The molecule has 1 aliphatic rings. The molecular formula is C22H23N3O2S. The highest BCUT2D eigenvalue weighted by molar-refractivity contribution is 7.09. The Bertz CT molecular complexity index is 962. The molecule has 2 aromatic heterocycles. The number of nitrogens with one attached hydrogen (secondary N) is 1. The van der Waals surface area contributed by atoms with Crippen LogP contribution in [0, 0.1) is 0 Å². The third-order valence-electron chi connectivity index (χ3n) is 4.95. The molecule has 0 saturated carbocycles. The van der Waals surface area contributed by atoms with Gasteiger partial charge in [-0.25, -0.2) is 0 Å². The van der Waals surface area contributed by atoms with Gasteiger partial charge in [-0.1, -0.05) is 18.2 Å². The van der Waals surface area contributed by atoms with Crippen molar-refractivity contribution in [3.05, 3.63) is 76.2 Å². The number of thiophene rings is 1. The molecule has 1 aromatic carbocycles. The summed E-state index contributed by atoms with van der Waals surface area (Å²) < 4.78 is 1.96. The fraction of sp³-hybridized carbons (Fsp3) is 0.273. The Morgan fingerprint density at radius 2 is 2.00 bits per heavy atom. The van der Waals surface area contributed by atoms with E-state index in [9.17, 15) is 9.59 Å². The number of aromatic nitrogens is 1. The Labute approximate surface area is 168 Å². The van der Waals surface area contributed by atoms with E-state index in [-0.39, 0.29) is 11.8 Å². The fourth-order valence-corrected chi connectivity index (χ4v) is 4.22. The second-order valence-corrected chi connectivity index (χ2v) is 8.06. The number of hydrogen-bond acceptors (Lipinski definition) is 3. The number of carbonyl (C=O) groups is 2. The maximum atomic E-state index is 12.8. The molecule has 3 heterocycles. The zero-order valence-electron chi connectivity index (χ0n) is 15.6. The SMILES string of the molecule is O=C(Nc1cccc(CN2CCCCC2=O)c1)c1cccn1Cc1cccs1. The number of amides is 2. The summed E-state index contributed by atoms with van der Waals surface area (Å²) in [5.41, 5.74) is 2.41. The van der Waals surface area contributed by atoms with E-state index in [0.717, 1.165) is 30.6 Å². The molecule has 0 spiro atoms. The van der Waals surface area contributed by atoms with Crippen LogP contribution in [0.2, 0.25) is 0 Å². The number of likely N-dealkylation sites (tertiary alicyclic amines) is 1. The van der Waals surface area contributed by atoms with Crippen molar-refractivity contribution in [2.24, 2.45) is 0 Å². The van der Waals surface area contributed by atoms with E-state index >= 15 is 0 Å². The highest BCUT2D eigenvalue weighted by Crippen LogP contribution is 2.18. The molecule has 0 aliphatic carbocycles. The lowest BCUT2D eigenvalue weighted by Crippen LogP contribution is -2.34. The Balaban J connectivity index is 1.44. The van der Waals surface area contributed by atoms with Crippen LogP contribution in [0.3, 0.4) is 0 Å². The van der Waals surface area contributed by atoms with Crippen LogP contribution in [0.4, 0.5) is 5.69 Å². The maximum absolute atomic E-state index is 12.8. The molecule has 0 bridgehead atoms. The molecule has 0 atom stereocenters. The first-order chi connectivity index (χ1) is 13.7. The predicted octanol–water partition coefficient (Wildman–Crippen LogP) is 4.36. The second kappa shape index (κ2) is 8.44. The third kappa shape index (κ3) is 4.34. The zero-order chi connectivity index (χ0) is 19.3. The zero-order valence-corrected chi connectivity index (χ0v) is 16.5. The van der Waals surface area contributed by atoms with E-state index in [1.165, 1.54) is 4.88 Å². The molecule has 144 valence electrons. The van der Waals surface area contributed by atoms with E-state index < -0.39 is 0 Å². The number of nitrogens with zero attached hydrogens (tertiary/aromatic N) is 2. The van der Waals surface area contributed by atoms with Crippen molar-refractivity contribution in [3.63, 3.8) is 0 Å². The molecule has 1 aliphatic heterocycles. The van der Waals surface area contributed by atoms with Gasteiger partial charge in [0.25, 0.3) is 5.91 Å².